The lowest BCUT2D eigenvalue weighted by Gasteiger charge is -2.01. The predicted octanol–water partition coefficient (Wildman–Crippen LogP) is 4.46. The van der Waals surface area contributed by atoms with E-state index >= 15 is 0 Å². The van der Waals surface area contributed by atoms with Crippen LogP contribution in [0.4, 0.5) is 0 Å². The fourth-order valence-electron chi connectivity index (χ4n) is 1.23. The smallest absolute Gasteiger partial charge is 0.0412 e. The van der Waals surface area contributed by atoms with Crippen molar-refractivity contribution in [2.24, 2.45) is 0 Å². The molecule has 0 N–H and O–H groups in total. The highest BCUT2D eigenvalue weighted by Gasteiger charge is 1.97. The summed E-state index contributed by atoms with van der Waals surface area (Å²) in [5, 5.41) is 1.45. The summed E-state index contributed by atoms with van der Waals surface area (Å²) in [4.78, 5) is 0. The van der Waals surface area contributed by atoms with Crippen LogP contribution in [0.5, 0.6) is 0 Å². The summed E-state index contributed by atoms with van der Waals surface area (Å²) in [5.74, 6) is 0. The van der Waals surface area contributed by atoms with Gasteiger partial charge in [0.05, 0.1) is 0 Å². The zero-order chi connectivity index (χ0) is 9.97. The molecule has 0 nitrogen and oxygen atoms in total. The molecule has 0 bridgehead atoms. The maximum Gasteiger partial charge on any atom is 0.0412 e. The second kappa shape index (κ2) is 4.04. The van der Waals surface area contributed by atoms with Gasteiger partial charge in [0.2, 0.25) is 0 Å². The highest BCUT2D eigenvalue weighted by molar-refractivity contribution is 6.31. The molecule has 0 unspecified atom stereocenters. The Balaban J connectivity index is 2.44. The third kappa shape index (κ3) is 2.09. The quantitative estimate of drug-likeness (QED) is 0.668. The molecule has 0 atom stereocenters. The van der Waals surface area contributed by atoms with Gasteiger partial charge in [-0.25, -0.2) is 0 Å². The summed E-state index contributed by atoms with van der Waals surface area (Å²) in [7, 11) is 0. The molecule has 2 rings (SSSR count). The van der Waals surface area contributed by atoms with Crippen LogP contribution in [0, 0.1) is 6.07 Å². The van der Waals surface area contributed by atoms with Gasteiger partial charge in [0.1, 0.15) is 0 Å². The van der Waals surface area contributed by atoms with Crippen LogP contribution in [0.3, 0.4) is 0 Å². The average Bonchev–Trinajstić information content (AvgIpc) is 2.19. The number of rotatable bonds is 1. The van der Waals surface area contributed by atoms with Crippen LogP contribution >= 0.6 is 23.2 Å². The zero-order valence-electron chi connectivity index (χ0n) is 7.30. The van der Waals surface area contributed by atoms with Crippen LogP contribution in [0.2, 0.25) is 10.0 Å². The molecule has 0 amide bonds. The molecule has 0 aliphatic carbocycles. The Morgan fingerprint density at radius 1 is 0.857 bits per heavy atom. The van der Waals surface area contributed by atoms with Crippen molar-refractivity contribution in [1.29, 1.82) is 0 Å². The lowest BCUT2D eigenvalue weighted by Crippen LogP contribution is -1.77. The average molecular weight is 222 g/mol. The zero-order valence-corrected chi connectivity index (χ0v) is 8.81. The summed E-state index contributed by atoms with van der Waals surface area (Å²) in [6.45, 7) is 0. The SMILES string of the molecule is Clc1ccc(-c2[c]ccc(Cl)c2)cc1. The molecule has 14 heavy (non-hydrogen) atoms. The van der Waals surface area contributed by atoms with E-state index in [1.165, 1.54) is 0 Å². The number of benzene rings is 2. The van der Waals surface area contributed by atoms with Crippen LogP contribution in [-0.2, 0) is 0 Å². The molecule has 0 spiro atoms. The largest absolute Gasteiger partial charge is 0.0843 e. The summed E-state index contributed by atoms with van der Waals surface area (Å²) in [6.07, 6.45) is 0. The second-order valence-corrected chi connectivity index (χ2v) is 3.80. The van der Waals surface area contributed by atoms with E-state index < -0.39 is 0 Å². The van der Waals surface area contributed by atoms with Crippen molar-refractivity contribution in [1.82, 2.24) is 0 Å². The summed E-state index contributed by atoms with van der Waals surface area (Å²) in [6, 6.07) is 16.2. The van der Waals surface area contributed by atoms with E-state index in [1.54, 1.807) is 6.07 Å². The molecule has 0 saturated carbocycles. The lowest BCUT2D eigenvalue weighted by atomic mass is 10.1. The normalized spacial score (nSPS) is 10.1. The van der Waals surface area contributed by atoms with E-state index in [2.05, 4.69) is 6.07 Å². The molecular formula is C12H7Cl2. The maximum atomic E-state index is 5.88. The minimum Gasteiger partial charge on any atom is -0.0843 e. The predicted molar refractivity (Wildman–Crippen MR) is 60.7 cm³/mol. The molecule has 2 aromatic rings. The van der Waals surface area contributed by atoms with Crippen molar-refractivity contribution < 1.29 is 0 Å². The molecule has 1 radical (unpaired) electrons. The standard InChI is InChI=1S/C12H7Cl2/c13-11-6-4-9(5-7-11)10-2-1-3-12(14)8-10/h1,3-8H. The molecule has 0 aliphatic rings. The molecule has 0 saturated heterocycles. The minimum atomic E-state index is 0.716. The maximum absolute atomic E-state index is 5.88. The van der Waals surface area contributed by atoms with E-state index in [4.69, 9.17) is 23.2 Å². The number of halogens is 2. The molecule has 0 aliphatic heterocycles. The monoisotopic (exact) mass is 221 g/mol. The topological polar surface area (TPSA) is 0 Å². The van der Waals surface area contributed by atoms with Gasteiger partial charge < -0.3 is 0 Å². The van der Waals surface area contributed by atoms with Crippen LogP contribution in [-0.4, -0.2) is 0 Å². The number of hydrogen-bond acceptors (Lipinski definition) is 0. The lowest BCUT2D eigenvalue weighted by molar-refractivity contribution is 1.61. The fraction of sp³-hybridized carbons (Fsp3) is 0. The molecule has 2 aromatic carbocycles. The van der Waals surface area contributed by atoms with Crippen molar-refractivity contribution in [3.63, 3.8) is 0 Å². The Hall–Kier alpha value is -0.980. The molecular weight excluding hydrogens is 215 g/mol. The van der Waals surface area contributed by atoms with E-state index in [-0.39, 0.29) is 0 Å². The van der Waals surface area contributed by atoms with E-state index in [0.29, 0.717) is 5.02 Å². The van der Waals surface area contributed by atoms with E-state index in [9.17, 15) is 0 Å². The highest BCUT2D eigenvalue weighted by atomic mass is 35.5. The van der Waals surface area contributed by atoms with Gasteiger partial charge in [0, 0.05) is 10.0 Å². The van der Waals surface area contributed by atoms with Crippen molar-refractivity contribution in [2.45, 2.75) is 0 Å². The summed E-state index contributed by atoms with van der Waals surface area (Å²) < 4.78 is 0. The van der Waals surface area contributed by atoms with Gasteiger partial charge in [-0.1, -0.05) is 41.4 Å². The Kier molecular flexibility index (Phi) is 2.76. The van der Waals surface area contributed by atoms with Crippen molar-refractivity contribution in [2.75, 3.05) is 0 Å². The molecule has 0 heterocycles. The third-order valence-electron chi connectivity index (χ3n) is 1.92. The van der Waals surface area contributed by atoms with Gasteiger partial charge >= 0.3 is 0 Å². The Morgan fingerprint density at radius 2 is 1.57 bits per heavy atom. The Labute approximate surface area is 93.1 Å². The third-order valence-corrected chi connectivity index (χ3v) is 2.41. The Morgan fingerprint density at radius 3 is 2.21 bits per heavy atom. The van der Waals surface area contributed by atoms with Gasteiger partial charge in [-0.15, -0.1) is 0 Å². The molecule has 69 valence electrons. The van der Waals surface area contributed by atoms with Crippen LogP contribution in [0.1, 0.15) is 0 Å². The van der Waals surface area contributed by atoms with E-state index in [1.807, 2.05) is 36.4 Å². The van der Waals surface area contributed by atoms with Gasteiger partial charge in [0.15, 0.2) is 0 Å². The fourth-order valence-corrected chi connectivity index (χ4v) is 1.53. The van der Waals surface area contributed by atoms with Crippen LogP contribution in [0.25, 0.3) is 11.1 Å². The van der Waals surface area contributed by atoms with Gasteiger partial charge in [-0.2, -0.15) is 0 Å². The van der Waals surface area contributed by atoms with Gasteiger partial charge in [-0.05, 0) is 41.5 Å². The van der Waals surface area contributed by atoms with Crippen molar-refractivity contribution in [3.8, 4) is 11.1 Å². The van der Waals surface area contributed by atoms with Crippen LogP contribution < -0.4 is 0 Å². The van der Waals surface area contributed by atoms with Gasteiger partial charge in [0.25, 0.3) is 0 Å². The Bertz CT molecular complexity index is 432. The number of hydrogen-bond donors (Lipinski definition) is 0. The molecule has 0 fully saturated rings. The molecule has 2 heteroatoms. The minimum absolute atomic E-state index is 0.716. The van der Waals surface area contributed by atoms with E-state index in [0.717, 1.165) is 16.1 Å². The highest BCUT2D eigenvalue weighted by Crippen LogP contribution is 2.23. The first-order valence-electron chi connectivity index (χ1n) is 4.19. The van der Waals surface area contributed by atoms with Gasteiger partial charge in [-0.3, -0.25) is 0 Å². The van der Waals surface area contributed by atoms with Crippen LogP contribution in [0.15, 0.2) is 42.5 Å². The first-order chi connectivity index (χ1) is 6.75. The summed E-state index contributed by atoms with van der Waals surface area (Å²) >= 11 is 11.7. The van der Waals surface area contributed by atoms with Crippen molar-refractivity contribution >= 4 is 23.2 Å². The molecule has 0 aromatic heterocycles. The first-order valence-corrected chi connectivity index (χ1v) is 4.94. The van der Waals surface area contributed by atoms with Crippen molar-refractivity contribution in [3.05, 3.63) is 58.6 Å². The summed E-state index contributed by atoms with van der Waals surface area (Å²) in [5.41, 5.74) is 2.05. The second-order valence-electron chi connectivity index (χ2n) is 2.93. The first kappa shape index (κ1) is 9.57.